The number of Topliss-reactive ketones (excluding diaryl/α,β-unsaturated/α-hetero) is 1. The number of epoxide rings is 1. The first-order valence-corrected chi connectivity index (χ1v) is 11.2. The zero-order valence-electron chi connectivity index (χ0n) is 18.0. The van der Waals surface area contributed by atoms with Gasteiger partial charge < -0.3 is 34.2 Å². The zero-order chi connectivity index (χ0) is 22.2. The Bertz CT molecular complexity index is 1090. The maximum Gasteiger partial charge on any atom is 0.230 e. The topological polar surface area (TPSA) is 112 Å². The number of ketones is 1. The maximum atomic E-state index is 14.1. The molecule has 1 saturated carbocycles. The molecule has 2 N–H and O–H groups in total. The molecule has 0 radical (unpaired) electrons. The van der Waals surface area contributed by atoms with E-state index in [1.165, 1.54) is 7.11 Å². The van der Waals surface area contributed by atoms with E-state index >= 15 is 0 Å². The maximum absolute atomic E-state index is 14.1. The molecule has 6 aliphatic heterocycles. The predicted octanol–water partition coefficient (Wildman–Crippen LogP) is -0.0505. The van der Waals surface area contributed by atoms with Crippen LogP contribution >= 0.6 is 0 Å². The molecule has 6 heterocycles. The fourth-order valence-corrected chi connectivity index (χ4v) is 7.72. The summed E-state index contributed by atoms with van der Waals surface area (Å²) in [7, 11) is 3.43. The van der Waals surface area contributed by atoms with E-state index in [4.69, 9.17) is 14.2 Å². The van der Waals surface area contributed by atoms with Gasteiger partial charge in [-0.3, -0.25) is 9.59 Å². The van der Waals surface area contributed by atoms with Crippen molar-refractivity contribution in [1.82, 2.24) is 4.90 Å². The van der Waals surface area contributed by atoms with Crippen molar-refractivity contribution in [2.75, 3.05) is 38.8 Å². The molecule has 0 unspecified atom stereocenters. The highest BCUT2D eigenvalue weighted by atomic mass is 16.7. The van der Waals surface area contributed by atoms with Crippen molar-refractivity contribution in [3.8, 4) is 11.5 Å². The molecule has 170 valence electrons. The van der Waals surface area contributed by atoms with Crippen molar-refractivity contribution in [3.05, 3.63) is 17.7 Å². The van der Waals surface area contributed by atoms with Crippen molar-refractivity contribution in [2.24, 2.45) is 5.92 Å². The smallest absolute Gasteiger partial charge is 0.230 e. The predicted molar refractivity (Wildman–Crippen MR) is 110 cm³/mol. The highest BCUT2D eigenvalue weighted by molar-refractivity contribution is 6.08. The summed E-state index contributed by atoms with van der Waals surface area (Å²) in [6.07, 6.45) is -0.291. The van der Waals surface area contributed by atoms with Gasteiger partial charge in [0.2, 0.25) is 5.91 Å². The lowest BCUT2D eigenvalue weighted by Crippen LogP contribution is -2.74. The number of carbonyl (C=O) groups is 2. The number of nitrogens with zero attached hydrogens (tertiary/aromatic N) is 2. The van der Waals surface area contributed by atoms with Crippen LogP contribution in [0.25, 0.3) is 0 Å². The third-order valence-electron chi connectivity index (χ3n) is 9.11. The van der Waals surface area contributed by atoms with Crippen molar-refractivity contribution < 1.29 is 34.0 Å². The molecule has 32 heavy (non-hydrogen) atoms. The molecule has 1 aromatic rings. The average Bonchev–Trinajstić information content (AvgIpc) is 3.37. The number of carbonyl (C=O) groups excluding carboxylic acids is 2. The van der Waals surface area contributed by atoms with Crippen LogP contribution in [0.15, 0.2) is 12.1 Å². The summed E-state index contributed by atoms with van der Waals surface area (Å²) < 4.78 is 17.6. The number of amides is 1. The van der Waals surface area contributed by atoms with Gasteiger partial charge in [0, 0.05) is 18.9 Å². The van der Waals surface area contributed by atoms with Crippen LogP contribution in [0.5, 0.6) is 11.5 Å². The molecule has 6 fully saturated rings. The van der Waals surface area contributed by atoms with Gasteiger partial charge in [0.25, 0.3) is 0 Å². The average molecular weight is 442 g/mol. The third-order valence-corrected chi connectivity index (χ3v) is 9.11. The minimum Gasteiger partial charge on any atom is -0.503 e. The number of hydrogen-bond acceptors (Lipinski definition) is 8. The number of hydrogen-bond donors (Lipinski definition) is 2. The van der Waals surface area contributed by atoms with E-state index in [1.54, 1.807) is 17.0 Å². The van der Waals surface area contributed by atoms with Gasteiger partial charge >= 0.3 is 0 Å². The minimum atomic E-state index is -1.45. The Morgan fingerprint density at radius 2 is 2.09 bits per heavy atom. The van der Waals surface area contributed by atoms with Crippen molar-refractivity contribution in [1.29, 1.82) is 0 Å². The first-order valence-electron chi connectivity index (χ1n) is 11.2. The number of anilines is 1. The lowest BCUT2D eigenvalue weighted by atomic mass is 9.52. The van der Waals surface area contributed by atoms with Gasteiger partial charge in [-0.15, -0.1) is 0 Å². The monoisotopic (exact) mass is 442 g/mol. The Kier molecular flexibility index (Phi) is 3.40. The molecular weight excluding hydrogens is 416 g/mol. The van der Waals surface area contributed by atoms with Gasteiger partial charge in [0.1, 0.15) is 23.1 Å². The number of phenolic OH excluding ortho intramolecular Hbond substituents is 1. The van der Waals surface area contributed by atoms with Crippen LogP contribution in [-0.4, -0.2) is 90.1 Å². The molecule has 5 saturated heterocycles. The molecule has 7 atom stereocenters. The van der Waals surface area contributed by atoms with Gasteiger partial charge in [0.15, 0.2) is 11.5 Å². The van der Waals surface area contributed by atoms with Crippen LogP contribution in [0, 0.1) is 5.92 Å². The van der Waals surface area contributed by atoms with Crippen LogP contribution in [0.4, 0.5) is 5.69 Å². The first kappa shape index (κ1) is 19.3. The second-order valence-electron chi connectivity index (χ2n) is 10.3. The number of phenols is 1. The van der Waals surface area contributed by atoms with Gasteiger partial charge in [0.05, 0.1) is 43.4 Å². The molecule has 9 nitrogen and oxygen atoms in total. The molecule has 0 aromatic heterocycles. The number of ether oxygens (including phenoxy) is 3. The van der Waals surface area contributed by atoms with Gasteiger partial charge in [-0.05, 0) is 31.6 Å². The van der Waals surface area contributed by atoms with E-state index in [2.05, 4.69) is 4.90 Å². The largest absolute Gasteiger partial charge is 0.503 e. The summed E-state index contributed by atoms with van der Waals surface area (Å²) in [6, 6.07) is 2.82. The van der Waals surface area contributed by atoms with Crippen molar-refractivity contribution in [2.45, 2.75) is 54.1 Å². The molecule has 2 spiro atoms. The van der Waals surface area contributed by atoms with Crippen LogP contribution in [0.2, 0.25) is 0 Å². The SMILES string of the molecule is COc1ccc2c(c1O)N1C(=O)C[C@@H]3OC[C@H]4O[C@]45CN(C)CC[C@@]24C(=O)C[C@]5(O)[C@@H]3[C@H]14. The number of likely N-dealkylation sites (N-methyl/N-ethyl adjacent to an activating group) is 1. The highest BCUT2D eigenvalue weighted by Gasteiger charge is 2.81. The lowest BCUT2D eigenvalue weighted by molar-refractivity contribution is -0.182. The molecular formula is C23H26N2O7. The zero-order valence-corrected chi connectivity index (χ0v) is 18.0. The Labute approximate surface area is 184 Å². The second kappa shape index (κ2) is 5.64. The van der Waals surface area contributed by atoms with E-state index in [9.17, 15) is 19.8 Å². The third kappa shape index (κ3) is 1.85. The van der Waals surface area contributed by atoms with Crippen LogP contribution in [0.3, 0.4) is 0 Å². The summed E-state index contributed by atoms with van der Waals surface area (Å²) in [5, 5.41) is 23.4. The first-order chi connectivity index (χ1) is 15.3. The molecule has 1 aromatic carbocycles. The number of piperidine rings is 1. The van der Waals surface area contributed by atoms with E-state index < -0.39 is 34.7 Å². The Morgan fingerprint density at radius 1 is 1.28 bits per heavy atom. The summed E-state index contributed by atoms with van der Waals surface area (Å²) in [5.41, 5.74) is -2.40. The molecule has 4 bridgehead atoms. The summed E-state index contributed by atoms with van der Waals surface area (Å²) in [4.78, 5) is 31.3. The number of methoxy groups -OCH3 is 1. The van der Waals surface area contributed by atoms with Gasteiger partial charge in [-0.25, -0.2) is 0 Å². The van der Waals surface area contributed by atoms with Crippen LogP contribution < -0.4 is 9.64 Å². The normalized spacial score (nSPS) is 46.0. The van der Waals surface area contributed by atoms with Crippen LogP contribution in [-0.2, 0) is 24.5 Å². The van der Waals surface area contributed by atoms with Gasteiger partial charge in [-0.2, -0.15) is 0 Å². The molecule has 9 heteroatoms. The van der Waals surface area contributed by atoms with E-state index in [0.717, 1.165) is 0 Å². The Morgan fingerprint density at radius 3 is 2.88 bits per heavy atom. The van der Waals surface area contributed by atoms with Crippen LogP contribution in [0.1, 0.15) is 24.8 Å². The number of benzene rings is 1. The Hall–Kier alpha value is -2.20. The van der Waals surface area contributed by atoms with E-state index in [-0.39, 0.29) is 42.1 Å². The van der Waals surface area contributed by atoms with Crippen molar-refractivity contribution in [3.63, 3.8) is 0 Å². The molecule has 1 aliphatic carbocycles. The molecule has 8 rings (SSSR count). The number of aromatic hydroxyl groups is 1. The fourth-order valence-electron chi connectivity index (χ4n) is 7.72. The summed E-state index contributed by atoms with van der Waals surface area (Å²) in [5.74, 6) is -0.711. The Balaban J connectivity index is 1.56. The number of fused-ring (bicyclic) bond motifs is 6. The van der Waals surface area contributed by atoms with E-state index in [0.29, 0.717) is 37.4 Å². The standard InChI is InChI=1S/C23H26N2O7/c1-24-6-5-21-11-3-4-12(30-2)19(28)18(11)25-16(27)7-13-17(20(21)25)22(29,8-14(21)26)23(10-24)15(32-23)9-31-13/h3-4,13,15,17,20,28-29H,5-10H2,1-2H3/t13-,15+,17-,20-,21-,22-,23+/m0/s1. The minimum absolute atomic E-state index is 0.0490. The molecule has 1 amide bonds. The lowest BCUT2D eigenvalue weighted by Gasteiger charge is -2.57. The number of rotatable bonds is 1. The fraction of sp³-hybridized carbons (Fsp3) is 0.652. The van der Waals surface area contributed by atoms with Crippen molar-refractivity contribution >= 4 is 17.4 Å². The quantitative estimate of drug-likeness (QED) is 0.583. The molecule has 7 aliphatic rings. The summed E-state index contributed by atoms with van der Waals surface area (Å²) in [6.45, 7) is 1.40. The van der Waals surface area contributed by atoms with Gasteiger partial charge in [-0.1, -0.05) is 6.07 Å². The second-order valence-corrected chi connectivity index (χ2v) is 10.3. The number of aliphatic hydroxyl groups is 1. The highest BCUT2D eigenvalue weighted by Crippen LogP contribution is 2.67. The van der Waals surface area contributed by atoms with E-state index in [1.807, 2.05) is 7.05 Å². The summed E-state index contributed by atoms with van der Waals surface area (Å²) >= 11 is 0.